The quantitative estimate of drug-likeness (QED) is 0.393. The minimum absolute atomic E-state index is 0.00475. The second-order valence-electron chi connectivity index (χ2n) is 7.60. The van der Waals surface area contributed by atoms with Crippen LogP contribution in [0, 0.1) is 0 Å². The van der Waals surface area contributed by atoms with Gasteiger partial charge in [0, 0.05) is 32.8 Å². The predicted molar refractivity (Wildman–Crippen MR) is 125 cm³/mol. The summed E-state index contributed by atoms with van der Waals surface area (Å²) in [4.78, 5) is 25.8. The molecule has 1 fully saturated rings. The number of methoxy groups -OCH3 is 1. The summed E-state index contributed by atoms with van der Waals surface area (Å²) < 4.78 is 43.0. The number of amides is 1. The molecule has 3 rings (SSSR count). The lowest BCUT2D eigenvalue weighted by molar-refractivity contribution is -0.147. The molecule has 10 heteroatoms. The number of hydrogen-bond acceptors (Lipinski definition) is 7. The number of morpholine rings is 1. The number of hydrogen-bond donors (Lipinski definition) is 0. The first-order valence-corrected chi connectivity index (χ1v) is 12.1. The van der Waals surface area contributed by atoms with Gasteiger partial charge in [0.05, 0.1) is 20.3 Å². The van der Waals surface area contributed by atoms with Crippen molar-refractivity contribution >= 4 is 28.0 Å². The molecule has 9 nitrogen and oxygen atoms in total. The van der Waals surface area contributed by atoms with Crippen LogP contribution in [0.3, 0.4) is 0 Å². The van der Waals surface area contributed by atoms with Gasteiger partial charge in [-0.25, -0.2) is 13.2 Å². The topological polar surface area (TPSA) is 102 Å². The Morgan fingerprint density at radius 3 is 2.50 bits per heavy atom. The number of sulfonamides is 1. The summed E-state index contributed by atoms with van der Waals surface area (Å²) >= 11 is 0. The molecule has 0 spiro atoms. The Bertz CT molecular complexity index is 1130. The van der Waals surface area contributed by atoms with Gasteiger partial charge in [-0.1, -0.05) is 36.4 Å². The molecule has 1 heterocycles. The van der Waals surface area contributed by atoms with Gasteiger partial charge in [-0.2, -0.15) is 4.31 Å². The van der Waals surface area contributed by atoms with E-state index < -0.39 is 22.6 Å². The highest BCUT2D eigenvalue weighted by Crippen LogP contribution is 2.28. The summed E-state index contributed by atoms with van der Waals surface area (Å²) in [6.45, 7) is 1.17. The lowest BCUT2D eigenvalue weighted by atomic mass is 10.2. The summed E-state index contributed by atoms with van der Waals surface area (Å²) in [6.07, 6.45) is 2.58. The lowest BCUT2D eigenvalue weighted by Gasteiger charge is -2.26. The van der Waals surface area contributed by atoms with Crippen LogP contribution in [0.5, 0.6) is 5.75 Å². The van der Waals surface area contributed by atoms with Crippen molar-refractivity contribution < 1.29 is 32.2 Å². The Morgan fingerprint density at radius 2 is 1.82 bits per heavy atom. The van der Waals surface area contributed by atoms with E-state index in [2.05, 4.69) is 0 Å². The SMILES string of the molecule is COc1ccc(/C=C/C(=O)OCC(=O)N(C)Cc2ccccc2)cc1S(=O)(=O)N1CCOCC1. The van der Waals surface area contributed by atoms with E-state index >= 15 is 0 Å². The molecule has 0 unspecified atom stereocenters. The number of carbonyl (C=O) groups is 2. The van der Waals surface area contributed by atoms with E-state index in [1.807, 2.05) is 30.3 Å². The molecule has 0 aliphatic carbocycles. The van der Waals surface area contributed by atoms with Gasteiger partial charge < -0.3 is 19.1 Å². The third-order valence-corrected chi connectivity index (χ3v) is 7.13. The van der Waals surface area contributed by atoms with Crippen molar-refractivity contribution in [3.05, 3.63) is 65.7 Å². The first kappa shape index (κ1) is 25.4. The number of carbonyl (C=O) groups excluding carboxylic acids is 2. The highest BCUT2D eigenvalue weighted by Gasteiger charge is 2.29. The first-order chi connectivity index (χ1) is 16.3. The molecule has 182 valence electrons. The standard InChI is InChI=1S/C24H28N2O7S/c1-25(17-20-6-4-3-5-7-20)23(27)18-33-24(28)11-9-19-8-10-21(31-2)22(16-19)34(29,30)26-12-14-32-15-13-26/h3-11,16H,12-15,17-18H2,1-2H3/b11-9+. The van der Waals surface area contributed by atoms with Crippen LogP contribution in [0.4, 0.5) is 0 Å². The molecule has 0 atom stereocenters. The van der Waals surface area contributed by atoms with Crippen LogP contribution in [-0.2, 0) is 35.6 Å². The maximum absolute atomic E-state index is 13.1. The Balaban J connectivity index is 1.61. The van der Waals surface area contributed by atoms with Gasteiger partial charge in [-0.3, -0.25) is 4.79 Å². The number of nitrogens with zero attached hydrogens (tertiary/aromatic N) is 2. The first-order valence-electron chi connectivity index (χ1n) is 10.7. The molecule has 0 aromatic heterocycles. The Morgan fingerprint density at radius 1 is 1.12 bits per heavy atom. The molecule has 34 heavy (non-hydrogen) atoms. The maximum atomic E-state index is 13.1. The van der Waals surface area contributed by atoms with E-state index in [0.29, 0.717) is 25.3 Å². The lowest BCUT2D eigenvalue weighted by Crippen LogP contribution is -2.40. The normalized spacial score (nSPS) is 14.6. The summed E-state index contributed by atoms with van der Waals surface area (Å²) in [7, 11) is -0.768. The fourth-order valence-corrected chi connectivity index (χ4v) is 4.92. The number of rotatable bonds is 9. The van der Waals surface area contributed by atoms with Crippen molar-refractivity contribution in [3.8, 4) is 5.75 Å². The molecule has 0 N–H and O–H groups in total. The average Bonchev–Trinajstić information content (AvgIpc) is 2.86. The van der Waals surface area contributed by atoms with E-state index in [-0.39, 0.29) is 29.6 Å². The van der Waals surface area contributed by atoms with Gasteiger partial charge in [0.15, 0.2) is 6.61 Å². The van der Waals surface area contributed by atoms with Gasteiger partial charge in [-0.05, 0) is 29.3 Å². The third kappa shape index (κ3) is 6.66. The monoisotopic (exact) mass is 488 g/mol. The van der Waals surface area contributed by atoms with Crippen molar-refractivity contribution in [3.63, 3.8) is 0 Å². The van der Waals surface area contributed by atoms with E-state index in [1.165, 1.54) is 34.5 Å². The van der Waals surface area contributed by atoms with Crippen molar-refractivity contribution in [1.82, 2.24) is 9.21 Å². The zero-order chi connectivity index (χ0) is 24.6. The molecule has 0 bridgehead atoms. The van der Waals surface area contributed by atoms with Gasteiger partial charge in [0.1, 0.15) is 10.6 Å². The van der Waals surface area contributed by atoms with E-state index in [1.54, 1.807) is 13.1 Å². The van der Waals surface area contributed by atoms with Gasteiger partial charge in [0.25, 0.3) is 5.91 Å². The van der Waals surface area contributed by atoms with Crippen LogP contribution in [-0.4, -0.2) is 76.6 Å². The number of ether oxygens (including phenoxy) is 3. The Labute approximate surface area is 199 Å². The predicted octanol–water partition coefficient (Wildman–Crippen LogP) is 1.93. The number of esters is 1. The van der Waals surface area contributed by atoms with Gasteiger partial charge >= 0.3 is 5.97 Å². The fraction of sp³-hybridized carbons (Fsp3) is 0.333. The zero-order valence-corrected chi connectivity index (χ0v) is 20.0. The van der Waals surface area contributed by atoms with Crippen LogP contribution in [0.25, 0.3) is 6.08 Å². The van der Waals surface area contributed by atoms with Crippen LogP contribution >= 0.6 is 0 Å². The van der Waals surface area contributed by atoms with Crippen molar-refractivity contribution in [2.45, 2.75) is 11.4 Å². The van der Waals surface area contributed by atoms with Crippen LogP contribution in [0.2, 0.25) is 0 Å². The third-order valence-electron chi connectivity index (χ3n) is 5.21. The molecular formula is C24H28N2O7S. The minimum Gasteiger partial charge on any atom is -0.495 e. The maximum Gasteiger partial charge on any atom is 0.331 e. The van der Waals surface area contributed by atoms with Gasteiger partial charge in [0.2, 0.25) is 10.0 Å². The van der Waals surface area contributed by atoms with E-state index in [4.69, 9.17) is 14.2 Å². The molecule has 2 aromatic carbocycles. The summed E-state index contributed by atoms with van der Waals surface area (Å²) in [5.41, 5.74) is 1.43. The van der Waals surface area contributed by atoms with Crippen molar-refractivity contribution in [1.29, 1.82) is 0 Å². The summed E-state index contributed by atoms with van der Waals surface area (Å²) in [6, 6.07) is 14.1. The molecule has 0 saturated carbocycles. The number of benzene rings is 2. The molecule has 1 amide bonds. The summed E-state index contributed by atoms with van der Waals surface area (Å²) in [5, 5.41) is 0. The van der Waals surface area contributed by atoms with Crippen LogP contribution in [0.15, 0.2) is 59.5 Å². The number of likely N-dealkylation sites (N-methyl/N-ethyl adjacent to an activating group) is 1. The Hall–Kier alpha value is -3.21. The second kappa shape index (κ2) is 11.8. The average molecular weight is 489 g/mol. The van der Waals surface area contributed by atoms with Crippen molar-refractivity contribution in [2.75, 3.05) is 47.1 Å². The smallest absolute Gasteiger partial charge is 0.331 e. The van der Waals surface area contributed by atoms with Crippen LogP contribution < -0.4 is 4.74 Å². The highest BCUT2D eigenvalue weighted by atomic mass is 32.2. The molecule has 1 saturated heterocycles. The molecule has 1 aliphatic heterocycles. The largest absolute Gasteiger partial charge is 0.495 e. The zero-order valence-electron chi connectivity index (χ0n) is 19.2. The molecular weight excluding hydrogens is 460 g/mol. The molecule has 0 radical (unpaired) electrons. The highest BCUT2D eigenvalue weighted by molar-refractivity contribution is 7.89. The Kier molecular flexibility index (Phi) is 8.80. The van der Waals surface area contributed by atoms with Crippen molar-refractivity contribution in [2.24, 2.45) is 0 Å². The van der Waals surface area contributed by atoms with Gasteiger partial charge in [-0.15, -0.1) is 0 Å². The van der Waals surface area contributed by atoms with Crippen LogP contribution in [0.1, 0.15) is 11.1 Å². The van der Waals surface area contributed by atoms with E-state index in [0.717, 1.165) is 11.6 Å². The fourth-order valence-electron chi connectivity index (χ4n) is 3.33. The molecule has 2 aromatic rings. The van der Waals surface area contributed by atoms with E-state index in [9.17, 15) is 18.0 Å². The minimum atomic E-state index is -3.79. The second-order valence-corrected chi connectivity index (χ2v) is 9.51. The summed E-state index contributed by atoms with van der Waals surface area (Å²) in [5.74, 6) is -0.845. The molecule has 1 aliphatic rings.